The van der Waals surface area contributed by atoms with Crippen molar-refractivity contribution >= 4 is 17.4 Å². The fourth-order valence-electron chi connectivity index (χ4n) is 3.92. The van der Waals surface area contributed by atoms with Crippen LogP contribution in [0.3, 0.4) is 0 Å². The van der Waals surface area contributed by atoms with Crippen LogP contribution < -0.4 is 25.0 Å². The molecule has 0 aliphatic carbocycles. The van der Waals surface area contributed by atoms with Crippen LogP contribution in [0, 0.1) is 0 Å². The Kier molecular flexibility index (Phi) is 6.48. The largest absolute Gasteiger partial charge is 0.454 e. The van der Waals surface area contributed by atoms with Crippen LogP contribution in [0.5, 0.6) is 11.5 Å². The third-order valence-corrected chi connectivity index (χ3v) is 5.86. The van der Waals surface area contributed by atoms with Gasteiger partial charge in [-0.1, -0.05) is 12.1 Å². The van der Waals surface area contributed by atoms with Crippen LogP contribution in [0.4, 0.5) is 16.2 Å². The predicted molar refractivity (Wildman–Crippen MR) is 122 cm³/mol. The number of carbonyl (C=O) groups excluding carboxylic acids is 1. The number of likely N-dealkylation sites (N-methyl/N-ethyl adjacent to an activating group) is 1. The SMILES string of the molecule is CN1CCN(C(CNC(=O)Nc2ccc3c(c2)OCO3)c2ccc(N(C)C)cc2)CC1. The van der Waals surface area contributed by atoms with Crippen LogP contribution in [0.15, 0.2) is 42.5 Å². The predicted octanol–water partition coefficient (Wildman–Crippen LogP) is 2.59. The Morgan fingerprint density at radius 3 is 2.45 bits per heavy atom. The van der Waals surface area contributed by atoms with Crippen LogP contribution in [0.1, 0.15) is 11.6 Å². The fourth-order valence-corrected chi connectivity index (χ4v) is 3.92. The zero-order chi connectivity index (χ0) is 21.8. The van der Waals surface area contributed by atoms with Crippen molar-refractivity contribution in [2.24, 2.45) is 0 Å². The average molecular weight is 426 g/mol. The van der Waals surface area contributed by atoms with Gasteiger partial charge in [-0.25, -0.2) is 4.79 Å². The molecular weight excluding hydrogens is 394 g/mol. The van der Waals surface area contributed by atoms with Crippen molar-refractivity contribution in [1.82, 2.24) is 15.1 Å². The molecule has 2 aromatic rings. The Morgan fingerprint density at radius 1 is 1.03 bits per heavy atom. The smallest absolute Gasteiger partial charge is 0.319 e. The Balaban J connectivity index is 1.42. The van der Waals surface area contributed by atoms with E-state index in [1.54, 1.807) is 12.1 Å². The van der Waals surface area contributed by atoms with E-state index in [2.05, 4.69) is 56.6 Å². The lowest BCUT2D eigenvalue weighted by molar-refractivity contribution is 0.111. The Labute approximate surface area is 183 Å². The first-order chi connectivity index (χ1) is 15.0. The van der Waals surface area contributed by atoms with Gasteiger partial charge in [-0.3, -0.25) is 4.90 Å². The third-order valence-electron chi connectivity index (χ3n) is 5.86. The number of nitrogens with zero attached hydrogens (tertiary/aromatic N) is 3. The molecule has 2 aliphatic rings. The van der Waals surface area contributed by atoms with E-state index in [0.29, 0.717) is 23.7 Å². The summed E-state index contributed by atoms with van der Waals surface area (Å²) >= 11 is 0. The first-order valence-electron chi connectivity index (χ1n) is 10.6. The molecule has 2 heterocycles. The van der Waals surface area contributed by atoms with Crippen molar-refractivity contribution in [2.75, 3.05) is 70.9 Å². The highest BCUT2D eigenvalue weighted by atomic mass is 16.7. The molecule has 0 radical (unpaired) electrons. The summed E-state index contributed by atoms with van der Waals surface area (Å²) in [6.07, 6.45) is 0. The maximum Gasteiger partial charge on any atom is 0.319 e. The molecule has 0 bridgehead atoms. The normalized spacial score (nSPS) is 17.3. The van der Waals surface area contributed by atoms with Crippen LogP contribution in [0.2, 0.25) is 0 Å². The van der Waals surface area contributed by atoms with Gasteiger partial charge in [-0.15, -0.1) is 0 Å². The summed E-state index contributed by atoms with van der Waals surface area (Å²) in [5, 5.41) is 5.95. The van der Waals surface area contributed by atoms with Crippen LogP contribution in [-0.2, 0) is 0 Å². The maximum absolute atomic E-state index is 12.6. The molecule has 0 saturated carbocycles. The number of anilines is 2. The molecule has 2 aliphatic heterocycles. The molecule has 1 saturated heterocycles. The summed E-state index contributed by atoms with van der Waals surface area (Å²) in [6, 6.07) is 13.9. The Morgan fingerprint density at radius 2 is 1.74 bits per heavy atom. The molecule has 1 fully saturated rings. The number of fused-ring (bicyclic) bond motifs is 1. The van der Waals surface area contributed by atoms with Gasteiger partial charge in [-0.05, 0) is 36.9 Å². The van der Waals surface area contributed by atoms with Crippen molar-refractivity contribution < 1.29 is 14.3 Å². The summed E-state index contributed by atoms with van der Waals surface area (Å²) in [6.45, 7) is 4.74. The van der Waals surface area contributed by atoms with Crippen LogP contribution >= 0.6 is 0 Å². The summed E-state index contributed by atoms with van der Waals surface area (Å²) in [7, 11) is 6.22. The summed E-state index contributed by atoms with van der Waals surface area (Å²) in [5.41, 5.74) is 3.04. The summed E-state index contributed by atoms with van der Waals surface area (Å²) < 4.78 is 10.7. The van der Waals surface area contributed by atoms with Crippen molar-refractivity contribution in [2.45, 2.75) is 6.04 Å². The number of urea groups is 1. The lowest BCUT2D eigenvalue weighted by atomic mass is 10.0. The van der Waals surface area contributed by atoms with Crippen molar-refractivity contribution in [3.63, 3.8) is 0 Å². The average Bonchev–Trinajstić information content (AvgIpc) is 3.23. The zero-order valence-electron chi connectivity index (χ0n) is 18.4. The van der Waals surface area contributed by atoms with E-state index in [0.717, 1.165) is 31.9 Å². The minimum absolute atomic E-state index is 0.118. The van der Waals surface area contributed by atoms with Gasteiger partial charge in [-0.2, -0.15) is 0 Å². The quantitative estimate of drug-likeness (QED) is 0.742. The Hall–Kier alpha value is -2.97. The zero-order valence-corrected chi connectivity index (χ0v) is 18.4. The second kappa shape index (κ2) is 9.45. The molecule has 31 heavy (non-hydrogen) atoms. The monoisotopic (exact) mass is 425 g/mol. The van der Waals surface area contributed by atoms with Crippen molar-refractivity contribution in [3.05, 3.63) is 48.0 Å². The topological polar surface area (TPSA) is 69.3 Å². The molecule has 4 rings (SSSR count). The van der Waals surface area contributed by atoms with E-state index >= 15 is 0 Å². The number of benzene rings is 2. The highest BCUT2D eigenvalue weighted by Gasteiger charge is 2.24. The molecule has 0 spiro atoms. The van der Waals surface area contributed by atoms with E-state index in [-0.39, 0.29) is 18.9 Å². The molecule has 166 valence electrons. The number of ether oxygens (including phenoxy) is 2. The van der Waals surface area contributed by atoms with Gasteiger partial charge < -0.3 is 29.9 Å². The van der Waals surface area contributed by atoms with Crippen molar-refractivity contribution in [3.8, 4) is 11.5 Å². The molecule has 8 heteroatoms. The summed E-state index contributed by atoms with van der Waals surface area (Å²) in [5.74, 6) is 1.34. The van der Waals surface area contributed by atoms with E-state index in [4.69, 9.17) is 9.47 Å². The number of hydrogen-bond acceptors (Lipinski definition) is 6. The molecule has 8 nitrogen and oxygen atoms in total. The van der Waals surface area contributed by atoms with Gasteiger partial charge in [0, 0.05) is 64.3 Å². The molecular formula is C23H31N5O3. The van der Waals surface area contributed by atoms with Gasteiger partial charge in [0.25, 0.3) is 0 Å². The first-order valence-corrected chi connectivity index (χ1v) is 10.6. The molecule has 1 atom stereocenters. The number of carbonyl (C=O) groups is 1. The lowest BCUT2D eigenvalue weighted by Gasteiger charge is -2.38. The number of amides is 2. The standard InChI is InChI=1S/C23H31N5O3/c1-26(2)19-7-4-17(5-8-19)20(28-12-10-27(3)11-13-28)15-24-23(29)25-18-6-9-21-22(14-18)31-16-30-21/h4-9,14,20H,10-13,15-16H2,1-3H3,(H2,24,25,29). The van der Waals surface area contributed by atoms with Gasteiger partial charge in [0.15, 0.2) is 11.5 Å². The second-order valence-corrected chi connectivity index (χ2v) is 8.24. The van der Waals surface area contributed by atoms with Gasteiger partial charge in [0.05, 0.1) is 6.04 Å². The molecule has 2 N–H and O–H groups in total. The Bertz CT molecular complexity index is 895. The van der Waals surface area contributed by atoms with E-state index in [9.17, 15) is 4.79 Å². The van der Waals surface area contributed by atoms with E-state index < -0.39 is 0 Å². The molecule has 2 amide bonds. The highest BCUT2D eigenvalue weighted by molar-refractivity contribution is 5.89. The number of piperazine rings is 1. The molecule has 2 aromatic carbocycles. The number of nitrogens with one attached hydrogen (secondary N) is 2. The minimum atomic E-state index is -0.233. The van der Waals surface area contributed by atoms with E-state index in [1.807, 2.05) is 20.2 Å². The molecule has 1 unspecified atom stereocenters. The van der Waals surface area contributed by atoms with Gasteiger partial charge in [0.1, 0.15) is 0 Å². The van der Waals surface area contributed by atoms with Gasteiger partial charge in [0.2, 0.25) is 6.79 Å². The lowest BCUT2D eigenvalue weighted by Crippen LogP contribution is -2.48. The van der Waals surface area contributed by atoms with E-state index in [1.165, 1.54) is 5.56 Å². The maximum atomic E-state index is 12.6. The first kappa shape index (κ1) is 21.3. The molecule has 0 aromatic heterocycles. The highest BCUT2D eigenvalue weighted by Crippen LogP contribution is 2.34. The number of hydrogen-bond donors (Lipinski definition) is 2. The third kappa shape index (κ3) is 5.21. The second-order valence-electron chi connectivity index (χ2n) is 8.24. The number of rotatable bonds is 6. The van der Waals surface area contributed by atoms with Crippen molar-refractivity contribution in [1.29, 1.82) is 0 Å². The van der Waals surface area contributed by atoms with Crippen LogP contribution in [-0.4, -0.2) is 76.5 Å². The fraction of sp³-hybridized carbons (Fsp3) is 0.435. The van der Waals surface area contributed by atoms with Gasteiger partial charge >= 0.3 is 6.03 Å². The minimum Gasteiger partial charge on any atom is -0.454 e. The summed E-state index contributed by atoms with van der Waals surface area (Å²) in [4.78, 5) is 19.5. The van der Waals surface area contributed by atoms with Crippen LogP contribution in [0.25, 0.3) is 0 Å².